The van der Waals surface area contributed by atoms with E-state index >= 15 is 0 Å². The predicted molar refractivity (Wildman–Crippen MR) is 107 cm³/mol. The Morgan fingerprint density at radius 2 is 1.52 bits per heavy atom. The van der Waals surface area contributed by atoms with Crippen LogP contribution in [0, 0.1) is 23.2 Å². The van der Waals surface area contributed by atoms with Gasteiger partial charge in [0.25, 0.3) is 0 Å². The number of para-hydroxylation sites is 1. The zero-order valence-corrected chi connectivity index (χ0v) is 15.7. The Hall–Kier alpha value is -2.29. The molecule has 4 aliphatic rings. The average molecular weight is 361 g/mol. The molecule has 3 nitrogen and oxygen atoms in total. The van der Waals surface area contributed by atoms with Gasteiger partial charge in [0.05, 0.1) is 11.3 Å². The van der Waals surface area contributed by atoms with Crippen molar-refractivity contribution in [1.29, 1.82) is 0 Å². The van der Waals surface area contributed by atoms with Crippen LogP contribution in [0.5, 0.6) is 0 Å². The quantitative estimate of drug-likeness (QED) is 0.698. The van der Waals surface area contributed by atoms with Gasteiger partial charge in [-0.05, 0) is 97.9 Å². The summed E-state index contributed by atoms with van der Waals surface area (Å²) in [5, 5.41) is 12.6. The summed E-state index contributed by atoms with van der Waals surface area (Å²) in [7, 11) is 0. The van der Waals surface area contributed by atoms with Crippen molar-refractivity contribution in [3.05, 3.63) is 59.7 Å². The lowest BCUT2D eigenvalue weighted by Crippen LogP contribution is -2.47. The van der Waals surface area contributed by atoms with Crippen molar-refractivity contribution >= 4 is 17.3 Å². The van der Waals surface area contributed by atoms with Gasteiger partial charge in [0.1, 0.15) is 0 Å². The van der Waals surface area contributed by atoms with Gasteiger partial charge in [-0.15, -0.1) is 0 Å². The Bertz CT molecular complexity index is 820. The first-order chi connectivity index (χ1) is 13.1. The Labute approximate surface area is 160 Å². The highest BCUT2D eigenvalue weighted by Crippen LogP contribution is 2.61. The van der Waals surface area contributed by atoms with E-state index in [4.69, 9.17) is 0 Å². The summed E-state index contributed by atoms with van der Waals surface area (Å²) in [5.41, 5.74) is 3.86. The molecule has 6 rings (SSSR count). The van der Waals surface area contributed by atoms with Crippen molar-refractivity contribution in [3.63, 3.8) is 0 Å². The van der Waals surface area contributed by atoms with Crippen LogP contribution < -0.4 is 5.32 Å². The minimum Gasteiger partial charge on any atom is -0.478 e. The first-order valence-electron chi connectivity index (χ1n) is 10.3. The molecule has 0 atom stereocenters. The molecule has 2 N–H and O–H groups in total. The van der Waals surface area contributed by atoms with Crippen LogP contribution in [0.3, 0.4) is 0 Å². The number of hydrogen-bond donors (Lipinski definition) is 2. The molecule has 140 valence electrons. The van der Waals surface area contributed by atoms with Gasteiger partial charge in [0.2, 0.25) is 0 Å². The average Bonchev–Trinajstić information content (AvgIpc) is 2.62. The summed E-state index contributed by atoms with van der Waals surface area (Å²) in [6, 6.07) is 15.7. The molecule has 0 aliphatic heterocycles. The first kappa shape index (κ1) is 16.9. The van der Waals surface area contributed by atoms with Gasteiger partial charge in [-0.2, -0.15) is 0 Å². The summed E-state index contributed by atoms with van der Waals surface area (Å²) in [5.74, 6) is 2.07. The third kappa shape index (κ3) is 3.24. The number of anilines is 2. The van der Waals surface area contributed by atoms with Gasteiger partial charge in [0, 0.05) is 5.69 Å². The van der Waals surface area contributed by atoms with Gasteiger partial charge in [-0.1, -0.05) is 24.3 Å². The fourth-order valence-corrected chi connectivity index (χ4v) is 6.58. The molecule has 4 bridgehead atoms. The van der Waals surface area contributed by atoms with Crippen molar-refractivity contribution in [2.45, 2.75) is 44.9 Å². The highest BCUT2D eigenvalue weighted by molar-refractivity contribution is 5.95. The van der Waals surface area contributed by atoms with Crippen LogP contribution in [-0.4, -0.2) is 11.1 Å². The molecule has 0 radical (unpaired) electrons. The van der Waals surface area contributed by atoms with Gasteiger partial charge in [-0.3, -0.25) is 0 Å². The standard InChI is InChI=1S/C24H27NO2/c26-23(27)21-3-1-2-4-22(21)25-20-7-5-16(6-8-20)12-24-13-17-9-18(14-24)11-19(10-17)15-24/h1-8,17-19,25H,9-15H2,(H,26,27). The maximum absolute atomic E-state index is 11.4. The molecule has 0 amide bonds. The summed E-state index contributed by atoms with van der Waals surface area (Å²) in [6.07, 6.45) is 9.99. The fraction of sp³-hybridized carbons (Fsp3) is 0.458. The Morgan fingerprint density at radius 1 is 0.926 bits per heavy atom. The molecule has 4 saturated carbocycles. The topological polar surface area (TPSA) is 49.3 Å². The van der Waals surface area contributed by atoms with Crippen molar-refractivity contribution in [2.75, 3.05) is 5.32 Å². The molecule has 4 fully saturated rings. The van der Waals surface area contributed by atoms with Gasteiger partial charge in [0.15, 0.2) is 0 Å². The van der Waals surface area contributed by atoms with Crippen molar-refractivity contribution in [2.24, 2.45) is 23.2 Å². The van der Waals surface area contributed by atoms with Crippen molar-refractivity contribution in [3.8, 4) is 0 Å². The Morgan fingerprint density at radius 3 is 2.11 bits per heavy atom. The maximum Gasteiger partial charge on any atom is 0.337 e. The van der Waals surface area contributed by atoms with Crippen molar-refractivity contribution in [1.82, 2.24) is 0 Å². The van der Waals surface area contributed by atoms with Crippen LogP contribution in [0.1, 0.15) is 54.4 Å². The van der Waals surface area contributed by atoms with E-state index < -0.39 is 5.97 Å². The third-order valence-electron chi connectivity index (χ3n) is 7.13. The highest BCUT2D eigenvalue weighted by Gasteiger charge is 2.50. The minimum atomic E-state index is -0.906. The lowest BCUT2D eigenvalue weighted by atomic mass is 9.48. The molecule has 0 saturated heterocycles. The molecule has 4 aliphatic carbocycles. The zero-order chi connectivity index (χ0) is 18.4. The van der Waals surface area contributed by atoms with Crippen LogP contribution in [0.4, 0.5) is 11.4 Å². The molecular weight excluding hydrogens is 334 g/mol. The van der Waals surface area contributed by atoms with Crippen LogP contribution >= 0.6 is 0 Å². The number of carboxylic acids is 1. The summed E-state index contributed by atoms with van der Waals surface area (Å²) >= 11 is 0. The second-order valence-electron chi connectivity index (χ2n) is 9.27. The molecule has 0 aromatic heterocycles. The van der Waals surface area contributed by atoms with Gasteiger partial charge in [-0.25, -0.2) is 4.79 Å². The summed E-state index contributed by atoms with van der Waals surface area (Å²) in [6.45, 7) is 0. The normalized spacial score (nSPS) is 31.0. The monoisotopic (exact) mass is 361 g/mol. The van der Waals surface area contributed by atoms with E-state index in [-0.39, 0.29) is 0 Å². The first-order valence-corrected chi connectivity index (χ1v) is 10.3. The lowest BCUT2D eigenvalue weighted by molar-refractivity contribution is -0.0521. The molecule has 27 heavy (non-hydrogen) atoms. The number of aromatic carboxylic acids is 1. The van der Waals surface area contributed by atoms with Crippen molar-refractivity contribution < 1.29 is 9.90 Å². The van der Waals surface area contributed by atoms with E-state index in [1.807, 2.05) is 12.1 Å². The Balaban J connectivity index is 1.31. The third-order valence-corrected chi connectivity index (χ3v) is 7.13. The number of carbonyl (C=O) groups is 1. The zero-order valence-electron chi connectivity index (χ0n) is 15.7. The Kier molecular flexibility index (Phi) is 3.99. The lowest BCUT2D eigenvalue weighted by Gasteiger charge is -2.57. The smallest absolute Gasteiger partial charge is 0.337 e. The van der Waals surface area contributed by atoms with E-state index in [1.54, 1.807) is 12.1 Å². The SMILES string of the molecule is O=C(O)c1ccccc1Nc1ccc(CC23CC4CC(CC(C4)C2)C3)cc1. The largest absolute Gasteiger partial charge is 0.478 e. The highest BCUT2D eigenvalue weighted by atomic mass is 16.4. The summed E-state index contributed by atoms with van der Waals surface area (Å²) in [4.78, 5) is 11.4. The van der Waals surface area contributed by atoms with E-state index in [0.717, 1.165) is 23.4 Å². The molecule has 0 spiro atoms. The molecule has 2 aromatic rings. The second kappa shape index (κ2) is 6.40. The van der Waals surface area contributed by atoms with Crippen LogP contribution in [0.2, 0.25) is 0 Å². The second-order valence-corrected chi connectivity index (χ2v) is 9.27. The maximum atomic E-state index is 11.4. The summed E-state index contributed by atoms with van der Waals surface area (Å²) < 4.78 is 0. The van der Waals surface area contributed by atoms with E-state index in [1.165, 1.54) is 50.5 Å². The van der Waals surface area contributed by atoms with Crippen LogP contribution in [0.15, 0.2) is 48.5 Å². The molecular formula is C24H27NO2. The number of benzene rings is 2. The molecule has 0 heterocycles. The molecule has 0 unspecified atom stereocenters. The number of carboxylic acid groups (broad SMARTS) is 1. The van der Waals surface area contributed by atoms with E-state index in [9.17, 15) is 9.90 Å². The number of rotatable bonds is 5. The van der Waals surface area contributed by atoms with Gasteiger partial charge < -0.3 is 10.4 Å². The molecule has 3 heteroatoms. The number of hydrogen-bond acceptors (Lipinski definition) is 2. The van der Waals surface area contributed by atoms with Gasteiger partial charge >= 0.3 is 5.97 Å². The number of nitrogens with one attached hydrogen (secondary N) is 1. The van der Waals surface area contributed by atoms with E-state index in [2.05, 4.69) is 29.6 Å². The minimum absolute atomic E-state index is 0.301. The van der Waals surface area contributed by atoms with Crippen LogP contribution in [-0.2, 0) is 6.42 Å². The van der Waals surface area contributed by atoms with Crippen LogP contribution in [0.25, 0.3) is 0 Å². The molecule has 2 aromatic carbocycles. The van der Waals surface area contributed by atoms with E-state index in [0.29, 0.717) is 16.7 Å². The fourth-order valence-electron chi connectivity index (χ4n) is 6.58. The predicted octanol–water partition coefficient (Wildman–Crippen LogP) is 5.89.